The van der Waals surface area contributed by atoms with Gasteiger partial charge < -0.3 is 15.4 Å². The molecule has 0 radical (unpaired) electrons. The smallest absolute Gasteiger partial charge is 0.191 e. The highest BCUT2D eigenvalue weighted by molar-refractivity contribution is 7.89. The van der Waals surface area contributed by atoms with E-state index < -0.39 is 9.84 Å². The van der Waals surface area contributed by atoms with Gasteiger partial charge in [-0.25, -0.2) is 17.8 Å². The van der Waals surface area contributed by atoms with Gasteiger partial charge in [0, 0.05) is 18.9 Å². The van der Waals surface area contributed by atoms with Crippen LogP contribution in [0.25, 0.3) is 0 Å². The lowest BCUT2D eigenvalue weighted by Crippen LogP contribution is -2.42. The van der Waals surface area contributed by atoms with Crippen LogP contribution in [0.1, 0.15) is 31.4 Å². The van der Waals surface area contributed by atoms with Gasteiger partial charge in [0.2, 0.25) is 0 Å². The van der Waals surface area contributed by atoms with Crippen LogP contribution in [-0.2, 0) is 22.1 Å². The van der Waals surface area contributed by atoms with Crippen molar-refractivity contribution in [3.05, 3.63) is 65.5 Å². The molecule has 2 aromatic carbocycles. The van der Waals surface area contributed by atoms with E-state index in [4.69, 9.17) is 4.74 Å². The highest BCUT2D eigenvalue weighted by Crippen LogP contribution is 2.15. The van der Waals surface area contributed by atoms with E-state index in [0.29, 0.717) is 31.3 Å². The highest BCUT2D eigenvalue weighted by atomic mass is 32.2. The van der Waals surface area contributed by atoms with Crippen LogP contribution < -0.4 is 15.4 Å². The minimum absolute atomic E-state index is 0.0322. The van der Waals surface area contributed by atoms with Crippen molar-refractivity contribution in [2.24, 2.45) is 4.99 Å². The second kappa shape index (κ2) is 11.5. The molecule has 0 saturated heterocycles. The van der Waals surface area contributed by atoms with Gasteiger partial charge >= 0.3 is 0 Å². The molecule has 0 amide bonds. The van der Waals surface area contributed by atoms with E-state index in [1.165, 1.54) is 18.4 Å². The summed E-state index contributed by atoms with van der Waals surface area (Å²) in [5.41, 5.74) is 1.74. The summed E-state index contributed by atoms with van der Waals surface area (Å²) < 4.78 is 42.0. The second-order valence-electron chi connectivity index (χ2n) is 7.07. The summed E-state index contributed by atoms with van der Waals surface area (Å²) in [4.78, 5) is 4.58. The van der Waals surface area contributed by atoms with Gasteiger partial charge in [-0.15, -0.1) is 0 Å². The molecule has 2 aromatic rings. The van der Waals surface area contributed by atoms with E-state index >= 15 is 0 Å². The van der Waals surface area contributed by atoms with Crippen molar-refractivity contribution >= 4 is 15.8 Å². The lowest BCUT2D eigenvalue weighted by Gasteiger charge is -2.20. The van der Waals surface area contributed by atoms with Crippen LogP contribution in [0.3, 0.4) is 0 Å². The number of hydrogen-bond acceptors (Lipinski definition) is 4. The van der Waals surface area contributed by atoms with Gasteiger partial charge in [0.05, 0.1) is 18.8 Å². The van der Waals surface area contributed by atoms with Gasteiger partial charge in [0.1, 0.15) is 17.7 Å². The molecule has 2 N–H and O–H groups in total. The number of ether oxygens (including phenoxy) is 1. The maximum Gasteiger partial charge on any atom is 0.191 e. The monoisotopic (exact) mass is 435 g/mol. The molecular formula is C22H30FN3O3S. The molecular weight excluding hydrogens is 405 g/mol. The molecule has 0 spiro atoms. The molecule has 30 heavy (non-hydrogen) atoms. The zero-order valence-electron chi connectivity index (χ0n) is 17.7. The molecule has 0 bridgehead atoms. The van der Waals surface area contributed by atoms with E-state index in [1.807, 2.05) is 38.1 Å². The second-order valence-corrected chi connectivity index (χ2v) is 9.21. The molecule has 0 aromatic heterocycles. The molecule has 0 fully saturated rings. The standard InChI is InChI=1S/C22H30FN3O3S/c1-4-20(29-21-8-6-7-19(23)13-21)15-26-22(24-5-2)25-14-17-9-11-18(12-10-17)16-30(3,27)28/h6-13,20H,4-5,14-16H2,1-3H3,(H2,24,25,26). The Kier molecular flexibility index (Phi) is 9.11. The van der Waals surface area contributed by atoms with Crippen molar-refractivity contribution < 1.29 is 17.5 Å². The maximum atomic E-state index is 13.3. The zero-order valence-corrected chi connectivity index (χ0v) is 18.5. The van der Waals surface area contributed by atoms with Gasteiger partial charge in [-0.2, -0.15) is 0 Å². The Labute approximate surface area is 178 Å². The number of halogens is 1. The van der Waals surface area contributed by atoms with Gasteiger partial charge in [-0.1, -0.05) is 37.3 Å². The maximum absolute atomic E-state index is 13.3. The Morgan fingerprint density at radius 1 is 1.10 bits per heavy atom. The molecule has 0 aliphatic rings. The molecule has 1 atom stereocenters. The van der Waals surface area contributed by atoms with Crippen molar-refractivity contribution in [3.8, 4) is 5.75 Å². The number of aliphatic imine (C=N–C) groups is 1. The van der Waals surface area contributed by atoms with Crippen molar-refractivity contribution in [1.29, 1.82) is 0 Å². The average Bonchev–Trinajstić information content (AvgIpc) is 2.69. The first kappa shape index (κ1) is 23.7. The van der Waals surface area contributed by atoms with Crippen molar-refractivity contribution in [3.63, 3.8) is 0 Å². The Morgan fingerprint density at radius 2 is 1.80 bits per heavy atom. The molecule has 0 heterocycles. The summed E-state index contributed by atoms with van der Waals surface area (Å²) in [5.74, 6) is 0.858. The van der Waals surface area contributed by atoms with E-state index in [9.17, 15) is 12.8 Å². The van der Waals surface area contributed by atoms with E-state index in [0.717, 1.165) is 17.5 Å². The summed E-state index contributed by atoms with van der Waals surface area (Å²) in [7, 11) is -3.05. The average molecular weight is 436 g/mol. The molecule has 8 heteroatoms. The zero-order chi connectivity index (χ0) is 22.0. The molecule has 0 aliphatic carbocycles. The number of nitrogens with zero attached hydrogens (tertiary/aromatic N) is 1. The lowest BCUT2D eigenvalue weighted by atomic mass is 10.1. The van der Waals surface area contributed by atoms with Crippen LogP contribution in [-0.4, -0.2) is 39.8 Å². The third-order valence-electron chi connectivity index (χ3n) is 4.27. The fraction of sp³-hybridized carbons (Fsp3) is 0.409. The van der Waals surface area contributed by atoms with Crippen molar-refractivity contribution in [1.82, 2.24) is 10.6 Å². The number of rotatable bonds is 10. The molecule has 2 rings (SSSR count). The number of nitrogens with one attached hydrogen (secondary N) is 2. The SMILES string of the molecule is CCNC(=NCc1ccc(CS(C)(=O)=O)cc1)NCC(CC)Oc1cccc(F)c1. The molecule has 1 unspecified atom stereocenters. The van der Waals surface area contributed by atoms with E-state index in [-0.39, 0.29) is 17.7 Å². The van der Waals surface area contributed by atoms with Crippen LogP contribution in [0.5, 0.6) is 5.75 Å². The lowest BCUT2D eigenvalue weighted by molar-refractivity contribution is 0.198. The van der Waals surface area contributed by atoms with Crippen LogP contribution >= 0.6 is 0 Å². The molecule has 0 saturated carbocycles. The Hall–Kier alpha value is -2.61. The Bertz CT molecular complexity index is 931. The fourth-order valence-corrected chi connectivity index (χ4v) is 3.57. The fourth-order valence-electron chi connectivity index (χ4n) is 2.77. The third-order valence-corrected chi connectivity index (χ3v) is 5.12. The molecule has 0 aliphatic heterocycles. The highest BCUT2D eigenvalue weighted by Gasteiger charge is 2.10. The quantitative estimate of drug-likeness (QED) is 0.442. The van der Waals surface area contributed by atoms with Crippen molar-refractivity contribution in [2.75, 3.05) is 19.3 Å². The number of sulfone groups is 1. The first-order valence-electron chi connectivity index (χ1n) is 9.99. The van der Waals surface area contributed by atoms with Gasteiger partial charge in [-0.3, -0.25) is 0 Å². The number of guanidine groups is 1. The van der Waals surface area contributed by atoms with Crippen LogP contribution in [0.15, 0.2) is 53.5 Å². The van der Waals surface area contributed by atoms with Crippen LogP contribution in [0, 0.1) is 5.82 Å². The van der Waals surface area contributed by atoms with E-state index in [2.05, 4.69) is 15.6 Å². The minimum Gasteiger partial charge on any atom is -0.489 e. The Balaban J connectivity index is 1.94. The van der Waals surface area contributed by atoms with Crippen LogP contribution in [0.2, 0.25) is 0 Å². The summed E-state index contributed by atoms with van der Waals surface area (Å²) in [6.07, 6.45) is 1.84. The summed E-state index contributed by atoms with van der Waals surface area (Å²) in [6.45, 7) is 5.67. The van der Waals surface area contributed by atoms with Gasteiger partial charge in [0.25, 0.3) is 0 Å². The Morgan fingerprint density at radius 3 is 2.40 bits per heavy atom. The predicted molar refractivity (Wildman–Crippen MR) is 119 cm³/mol. The van der Waals surface area contributed by atoms with Crippen molar-refractivity contribution in [2.45, 2.75) is 38.7 Å². The molecule has 164 valence electrons. The number of benzene rings is 2. The minimum atomic E-state index is -3.05. The first-order valence-corrected chi connectivity index (χ1v) is 12.0. The van der Waals surface area contributed by atoms with Crippen LogP contribution in [0.4, 0.5) is 4.39 Å². The van der Waals surface area contributed by atoms with E-state index in [1.54, 1.807) is 12.1 Å². The predicted octanol–water partition coefficient (Wildman–Crippen LogP) is 3.28. The normalized spacial score (nSPS) is 13.0. The third kappa shape index (κ3) is 8.82. The largest absolute Gasteiger partial charge is 0.489 e. The summed E-state index contributed by atoms with van der Waals surface area (Å²) in [5, 5.41) is 6.45. The summed E-state index contributed by atoms with van der Waals surface area (Å²) in [6, 6.07) is 13.5. The topological polar surface area (TPSA) is 79.8 Å². The van der Waals surface area contributed by atoms with Gasteiger partial charge in [-0.05, 0) is 36.6 Å². The summed E-state index contributed by atoms with van der Waals surface area (Å²) >= 11 is 0. The first-order chi connectivity index (χ1) is 14.3. The van der Waals surface area contributed by atoms with Gasteiger partial charge in [0.15, 0.2) is 15.8 Å². The number of hydrogen-bond donors (Lipinski definition) is 2. The molecule has 6 nitrogen and oxygen atoms in total.